The molecule has 0 amide bonds. The third-order valence-electron chi connectivity index (χ3n) is 3.93. The first-order valence-corrected chi connectivity index (χ1v) is 5.10. The third kappa shape index (κ3) is 0.893. The van der Waals surface area contributed by atoms with E-state index >= 15 is 0 Å². The van der Waals surface area contributed by atoms with Crippen LogP contribution in [-0.4, -0.2) is 22.6 Å². The minimum Gasteiger partial charge on any atom is -0.480 e. The molecule has 0 aromatic carbocycles. The van der Waals surface area contributed by atoms with Crippen LogP contribution >= 0.6 is 0 Å². The summed E-state index contributed by atoms with van der Waals surface area (Å²) in [4.78, 5) is 34.4. The van der Waals surface area contributed by atoms with E-state index in [1.807, 2.05) is 12.2 Å². The summed E-state index contributed by atoms with van der Waals surface area (Å²) in [6.07, 6.45) is 4.77. The number of carbonyl (C=O) groups is 3. The fraction of sp³-hybridized carbons (Fsp3) is 0.545. The van der Waals surface area contributed by atoms with Gasteiger partial charge in [-0.1, -0.05) is 12.2 Å². The molecular formula is C11H10O4. The van der Waals surface area contributed by atoms with Crippen molar-refractivity contribution in [2.45, 2.75) is 6.42 Å². The second-order valence-corrected chi connectivity index (χ2v) is 4.58. The van der Waals surface area contributed by atoms with Gasteiger partial charge in [0.1, 0.15) is 0 Å². The number of rotatable bonds is 1. The Kier molecular flexibility index (Phi) is 1.51. The molecule has 0 saturated heterocycles. The molecule has 2 bridgehead atoms. The second-order valence-electron chi connectivity index (χ2n) is 4.58. The van der Waals surface area contributed by atoms with Crippen molar-refractivity contribution < 1.29 is 19.5 Å². The van der Waals surface area contributed by atoms with E-state index in [1.165, 1.54) is 0 Å². The molecule has 2 saturated carbocycles. The van der Waals surface area contributed by atoms with Gasteiger partial charge in [-0.25, -0.2) is 0 Å². The van der Waals surface area contributed by atoms with Crippen molar-refractivity contribution >= 4 is 17.5 Å². The Labute approximate surface area is 86.0 Å². The quantitative estimate of drug-likeness (QED) is 0.494. The minimum absolute atomic E-state index is 0.112. The summed E-state index contributed by atoms with van der Waals surface area (Å²) in [7, 11) is 0. The Balaban J connectivity index is 2.03. The average molecular weight is 206 g/mol. The zero-order valence-corrected chi connectivity index (χ0v) is 7.92. The number of Topliss-reactive ketones (excluding diaryl/α,β-unsaturated/α-hetero) is 2. The Hall–Kier alpha value is -1.45. The van der Waals surface area contributed by atoms with Gasteiger partial charge < -0.3 is 5.11 Å². The van der Waals surface area contributed by atoms with Crippen molar-refractivity contribution in [3.05, 3.63) is 12.2 Å². The lowest BCUT2D eigenvalue weighted by Crippen LogP contribution is -2.28. The van der Waals surface area contributed by atoms with Crippen LogP contribution in [0.5, 0.6) is 0 Å². The number of allylic oxidation sites excluding steroid dienone is 2. The first-order valence-electron chi connectivity index (χ1n) is 5.10. The van der Waals surface area contributed by atoms with Gasteiger partial charge in [0.25, 0.3) is 0 Å². The first-order chi connectivity index (χ1) is 7.11. The Morgan fingerprint density at radius 3 is 2.00 bits per heavy atom. The van der Waals surface area contributed by atoms with E-state index in [-0.39, 0.29) is 35.2 Å². The molecule has 0 aromatic heterocycles. The topological polar surface area (TPSA) is 71.4 Å². The van der Waals surface area contributed by atoms with Gasteiger partial charge in [0.15, 0.2) is 17.5 Å². The van der Waals surface area contributed by atoms with Gasteiger partial charge >= 0.3 is 5.97 Å². The summed E-state index contributed by atoms with van der Waals surface area (Å²) in [5, 5.41) is 8.84. The normalized spacial score (nSPS) is 46.3. The second kappa shape index (κ2) is 2.56. The lowest BCUT2D eigenvalue weighted by molar-refractivity contribution is -0.148. The lowest BCUT2D eigenvalue weighted by Gasteiger charge is -2.16. The van der Waals surface area contributed by atoms with Crippen LogP contribution in [0.2, 0.25) is 0 Å². The zero-order chi connectivity index (χ0) is 10.7. The monoisotopic (exact) mass is 206 g/mol. The van der Waals surface area contributed by atoms with Crippen LogP contribution in [0.25, 0.3) is 0 Å². The van der Waals surface area contributed by atoms with E-state index in [1.54, 1.807) is 0 Å². The van der Waals surface area contributed by atoms with Gasteiger partial charge in [0.2, 0.25) is 0 Å². The van der Waals surface area contributed by atoms with E-state index in [4.69, 9.17) is 5.11 Å². The number of aliphatic carboxylic acids is 1. The highest BCUT2D eigenvalue weighted by molar-refractivity contribution is 6.23. The number of carboxylic acid groups (broad SMARTS) is 1. The van der Waals surface area contributed by atoms with Gasteiger partial charge in [0.05, 0.1) is 0 Å². The number of hydrogen-bond acceptors (Lipinski definition) is 3. The zero-order valence-electron chi connectivity index (χ0n) is 7.92. The molecule has 1 N–H and O–H groups in total. The van der Waals surface area contributed by atoms with Crippen LogP contribution in [0.15, 0.2) is 12.2 Å². The molecule has 0 spiro atoms. The smallest absolute Gasteiger partial charge is 0.321 e. The molecule has 0 aromatic rings. The van der Waals surface area contributed by atoms with Gasteiger partial charge in [-0.2, -0.15) is 0 Å². The van der Waals surface area contributed by atoms with Crippen molar-refractivity contribution in [1.82, 2.24) is 0 Å². The molecule has 4 heteroatoms. The molecular weight excluding hydrogens is 196 g/mol. The molecule has 0 aliphatic heterocycles. The first kappa shape index (κ1) is 8.83. The highest BCUT2D eigenvalue weighted by Gasteiger charge is 2.61. The van der Waals surface area contributed by atoms with E-state index in [0.717, 1.165) is 6.42 Å². The van der Waals surface area contributed by atoms with E-state index in [9.17, 15) is 14.4 Å². The Morgan fingerprint density at radius 1 is 1.13 bits per heavy atom. The summed E-state index contributed by atoms with van der Waals surface area (Å²) in [5.74, 6) is -3.85. The molecule has 0 heterocycles. The fourth-order valence-corrected chi connectivity index (χ4v) is 3.37. The molecule has 3 aliphatic carbocycles. The minimum atomic E-state index is -1.38. The number of ketones is 2. The fourth-order valence-electron chi connectivity index (χ4n) is 3.37. The van der Waals surface area contributed by atoms with Crippen LogP contribution in [0.3, 0.4) is 0 Å². The molecule has 4 nitrogen and oxygen atoms in total. The molecule has 2 fully saturated rings. The van der Waals surface area contributed by atoms with Crippen molar-refractivity contribution in [3.63, 3.8) is 0 Å². The standard InChI is InChI=1S/C11H10O4/c12-9-6-4-1-2-5(3-4)7(6)10(13)8(9)11(14)15/h1-2,4-8H,3H2,(H,14,15). The molecule has 78 valence electrons. The molecule has 3 aliphatic rings. The van der Waals surface area contributed by atoms with Gasteiger partial charge in [0, 0.05) is 11.8 Å². The maximum atomic E-state index is 11.8. The predicted octanol–water partition coefficient (Wildman–Crippen LogP) is 0.277. The van der Waals surface area contributed by atoms with Crippen LogP contribution in [0, 0.1) is 29.6 Å². The largest absolute Gasteiger partial charge is 0.480 e. The summed E-state index contributed by atoms with van der Waals surface area (Å²) < 4.78 is 0. The number of carbonyl (C=O) groups excluding carboxylic acids is 2. The number of fused-ring (bicyclic) bond motifs is 5. The van der Waals surface area contributed by atoms with Crippen LogP contribution < -0.4 is 0 Å². The maximum Gasteiger partial charge on any atom is 0.321 e. The van der Waals surface area contributed by atoms with E-state index in [2.05, 4.69) is 0 Å². The summed E-state index contributed by atoms with van der Waals surface area (Å²) in [5.41, 5.74) is 0. The highest BCUT2D eigenvalue weighted by atomic mass is 16.4. The van der Waals surface area contributed by atoms with Crippen molar-refractivity contribution in [3.8, 4) is 0 Å². The third-order valence-corrected chi connectivity index (χ3v) is 3.93. The van der Waals surface area contributed by atoms with Gasteiger partial charge in [-0.15, -0.1) is 0 Å². The van der Waals surface area contributed by atoms with Crippen molar-refractivity contribution in [2.75, 3.05) is 0 Å². The lowest BCUT2D eigenvalue weighted by atomic mass is 9.85. The van der Waals surface area contributed by atoms with E-state index in [0.29, 0.717) is 0 Å². The SMILES string of the molecule is O=C(O)C1C(=O)C2C3C=CC(C3)C2C1=O. The highest BCUT2D eigenvalue weighted by Crippen LogP contribution is 2.53. The van der Waals surface area contributed by atoms with Gasteiger partial charge in [-0.05, 0) is 18.3 Å². The summed E-state index contributed by atoms with van der Waals surface area (Å²) >= 11 is 0. The van der Waals surface area contributed by atoms with Crippen molar-refractivity contribution in [1.29, 1.82) is 0 Å². The predicted molar refractivity (Wildman–Crippen MR) is 48.9 cm³/mol. The Bertz CT molecular complexity index is 379. The maximum absolute atomic E-state index is 11.8. The molecule has 3 rings (SSSR count). The van der Waals surface area contributed by atoms with Crippen LogP contribution in [0.1, 0.15) is 6.42 Å². The van der Waals surface area contributed by atoms with E-state index < -0.39 is 11.9 Å². The Morgan fingerprint density at radius 2 is 1.60 bits per heavy atom. The average Bonchev–Trinajstić information content (AvgIpc) is 2.79. The van der Waals surface area contributed by atoms with Crippen LogP contribution in [-0.2, 0) is 14.4 Å². The number of hydrogen-bond donors (Lipinski definition) is 1. The molecule has 4 atom stereocenters. The molecule has 15 heavy (non-hydrogen) atoms. The number of carboxylic acids is 1. The summed E-state index contributed by atoms with van der Waals surface area (Å²) in [6, 6.07) is 0. The van der Waals surface area contributed by atoms with Crippen LogP contribution in [0.4, 0.5) is 0 Å². The van der Waals surface area contributed by atoms with Gasteiger partial charge in [-0.3, -0.25) is 14.4 Å². The summed E-state index contributed by atoms with van der Waals surface area (Å²) in [6.45, 7) is 0. The molecule has 0 radical (unpaired) electrons. The van der Waals surface area contributed by atoms with Crippen molar-refractivity contribution in [2.24, 2.45) is 29.6 Å². The molecule has 4 unspecified atom stereocenters.